The van der Waals surface area contributed by atoms with E-state index in [4.69, 9.17) is 0 Å². The predicted octanol–water partition coefficient (Wildman–Crippen LogP) is 32.9. The molecule has 0 aliphatic heterocycles. The third-order valence-electron chi connectivity index (χ3n) is 27.1. The van der Waals surface area contributed by atoms with Gasteiger partial charge in [0.25, 0.3) is 0 Å². The summed E-state index contributed by atoms with van der Waals surface area (Å²) in [5, 5.41) is 63.0. The Morgan fingerprint density at radius 2 is 0.418 bits per heavy atom. The molecule has 17 rings (SSSR count). The Kier molecular flexibility index (Phi) is 44.5. The van der Waals surface area contributed by atoms with Crippen LogP contribution in [0.5, 0.6) is 0 Å². The van der Waals surface area contributed by atoms with Gasteiger partial charge in [0, 0.05) is 157 Å². The Morgan fingerprint density at radius 3 is 0.624 bits per heavy atom. The van der Waals surface area contributed by atoms with Crippen LogP contribution in [0, 0.1) is 166 Å². The summed E-state index contributed by atoms with van der Waals surface area (Å²) in [4.78, 5) is 0. The minimum atomic E-state index is -4.84. The van der Waals surface area contributed by atoms with Gasteiger partial charge in [-0.05, 0) is 290 Å². The second-order valence-electron chi connectivity index (χ2n) is 32.9. The van der Waals surface area contributed by atoms with Crippen molar-refractivity contribution in [1.82, 2.24) is 19.6 Å². The predicted molar refractivity (Wildman–Crippen MR) is 541 cm³/mol. The zero-order chi connectivity index (χ0) is 107. The Hall–Kier alpha value is -8.53. The molecule has 26 heteroatoms. The van der Waals surface area contributed by atoms with Gasteiger partial charge in [0.2, 0.25) is 28.0 Å². The molecule has 5 N–H and O–H groups in total. The fourth-order valence-corrected chi connectivity index (χ4v) is 20.2. The fraction of sp³-hybridized carbons (Fsp3) is 0.426. The standard InChI is InChI=1S/2C21H19F3N2O.3C19H19F3O.8C2H6.2U.H2/c2*1-11-12(2)17(14-9-25-26(4)10-14)18-15-7-5-6-8-16(15)20(27,21(22,23)24)19(18)13(11)3;1-5-13-10(2)11(3)16-14-8-6-7-9-15(14)18(23,19(20,21)22)17(16)12(13)4;2*1-5-13-11(3)10(2)12(4)17-16(13)14-8-6-7-9-15(14)18(17,23)19(20,21)22;8*1-2;;;/h2*5-10,27H,1-4H3;3*6-9,23H,5H2,1-4H3;8*1-2H3;;;1H/t2*20-;3*18-;;;;;;;;;;;/m10110.........../s1/i;;;;;;;;;;;;;;;1+2. The average Bonchev–Trinajstić information content (AvgIpc) is 1.54. The number of rotatable bonds is 5. The molecule has 5 aliphatic carbocycles. The van der Waals surface area contributed by atoms with E-state index in [-0.39, 0.29) is 119 Å². The van der Waals surface area contributed by atoms with Crippen molar-refractivity contribution >= 4 is 0 Å². The van der Waals surface area contributed by atoms with E-state index < -0.39 is 58.9 Å². The molecule has 0 saturated heterocycles. The molecule has 2 aromatic heterocycles. The largest absolute Gasteiger partial charge is 0.425 e. The Bertz CT molecular complexity index is 6030. The van der Waals surface area contributed by atoms with E-state index in [2.05, 4.69) is 10.2 Å². The molecule has 0 saturated carbocycles. The molecule has 141 heavy (non-hydrogen) atoms. The number of halogens is 15. The molecule has 768 valence electrons. The van der Waals surface area contributed by atoms with Gasteiger partial charge in [0.15, 0.2) is 0 Å². The summed E-state index contributed by atoms with van der Waals surface area (Å²) >= 11 is 0. The van der Waals surface area contributed by atoms with Gasteiger partial charge in [0.1, 0.15) is 0 Å². The smallest absolute Gasteiger partial charge is 0.372 e. The van der Waals surface area contributed by atoms with Crippen LogP contribution in [0.3, 0.4) is 0 Å². The molecule has 0 fully saturated rings. The van der Waals surface area contributed by atoms with Crippen molar-refractivity contribution in [3.05, 3.63) is 302 Å². The molecular formula is C115H145F15N4O5U2. The molecule has 0 spiro atoms. The minimum Gasteiger partial charge on any atom is -0.372 e. The Morgan fingerprint density at radius 1 is 0.241 bits per heavy atom. The molecule has 2 heterocycles. The van der Waals surface area contributed by atoms with E-state index in [1.54, 1.807) is 176 Å². The maximum atomic E-state index is 14.2. The zero-order valence-corrected chi connectivity index (χ0v) is 97.0. The molecule has 10 aromatic carbocycles. The van der Waals surface area contributed by atoms with Crippen molar-refractivity contribution in [1.29, 1.82) is 0 Å². The first kappa shape index (κ1) is 127. The van der Waals surface area contributed by atoms with Crippen molar-refractivity contribution in [2.75, 3.05) is 0 Å². The van der Waals surface area contributed by atoms with E-state index >= 15 is 0 Å². The molecule has 5 atom stereocenters. The topological polar surface area (TPSA) is 137 Å². The number of aliphatic hydroxyl groups is 5. The van der Waals surface area contributed by atoms with Crippen LogP contribution in [0.15, 0.2) is 146 Å². The zero-order valence-electron chi connectivity index (χ0n) is 88.7. The van der Waals surface area contributed by atoms with Gasteiger partial charge in [-0.1, -0.05) is 253 Å². The number of aromatic nitrogens is 4. The molecule has 0 bridgehead atoms. The maximum absolute atomic E-state index is 14.2. The van der Waals surface area contributed by atoms with Gasteiger partial charge in [-0.25, -0.2) is 0 Å². The summed E-state index contributed by atoms with van der Waals surface area (Å²) in [5.74, 6) is 0. The number of hydrogen-bond acceptors (Lipinski definition) is 7. The third-order valence-corrected chi connectivity index (χ3v) is 27.1. The van der Waals surface area contributed by atoms with Gasteiger partial charge < -0.3 is 25.5 Å². The third kappa shape index (κ3) is 21.1. The van der Waals surface area contributed by atoms with Crippen LogP contribution >= 0.6 is 0 Å². The van der Waals surface area contributed by atoms with Gasteiger partial charge >= 0.3 is 30.9 Å². The van der Waals surface area contributed by atoms with E-state index in [1.807, 2.05) is 187 Å². The molecule has 12 aromatic rings. The maximum Gasteiger partial charge on any atom is 0.425 e. The van der Waals surface area contributed by atoms with Crippen molar-refractivity contribution in [3.63, 3.8) is 0 Å². The van der Waals surface area contributed by atoms with Crippen LogP contribution in [0.2, 0.25) is 0 Å². The summed E-state index contributed by atoms with van der Waals surface area (Å²) in [6, 6.07) is 31.4. The molecule has 0 amide bonds. The van der Waals surface area contributed by atoms with Gasteiger partial charge in [-0.15, -0.1) is 0 Å². The summed E-state index contributed by atoms with van der Waals surface area (Å²) in [6.45, 7) is 64.8. The summed E-state index contributed by atoms with van der Waals surface area (Å²) < 4.78 is 213. The van der Waals surface area contributed by atoms with Gasteiger partial charge in [-0.3, -0.25) is 9.36 Å². The molecular weight excluding hydrogens is 2280 g/mol. The number of nitrogens with zero attached hydrogens (tertiary/aromatic N) is 4. The first-order valence-electron chi connectivity index (χ1n) is 48.3. The number of aryl methyl sites for hydroxylation is 2. The second kappa shape index (κ2) is 49.6. The Balaban J connectivity index is 0.000000576. The van der Waals surface area contributed by atoms with Crippen LogP contribution in [0.25, 0.3) is 77.9 Å². The number of benzene rings is 10. The van der Waals surface area contributed by atoms with Crippen LogP contribution < -0.4 is 0 Å². The van der Waals surface area contributed by atoms with Crippen LogP contribution in [0.1, 0.15) is 289 Å². The monoisotopic (exact) mass is 2430 g/mol. The first-order valence-corrected chi connectivity index (χ1v) is 48.3. The van der Waals surface area contributed by atoms with Crippen LogP contribution in [-0.2, 0) is 61.4 Å². The Labute approximate surface area is 875 Å². The second-order valence-corrected chi connectivity index (χ2v) is 32.9. The first-order chi connectivity index (χ1) is 65.1. The van der Waals surface area contributed by atoms with Gasteiger partial charge in [0.05, 0.1) is 12.4 Å². The van der Waals surface area contributed by atoms with Crippen molar-refractivity contribution in [2.45, 2.75) is 314 Å². The summed E-state index contributed by atoms with van der Waals surface area (Å²) in [6.07, 6.45) is -15.3. The quantitative estimate of drug-likeness (QED) is 0.108. The molecule has 0 radical (unpaired) electrons. The number of fused-ring (bicyclic) bond motifs is 15. The molecule has 9 nitrogen and oxygen atoms in total. The van der Waals surface area contributed by atoms with Crippen molar-refractivity contribution < 1.29 is 155 Å². The van der Waals surface area contributed by atoms with E-state index in [0.29, 0.717) is 114 Å². The van der Waals surface area contributed by atoms with Gasteiger partial charge in [-0.2, -0.15) is 76.1 Å². The van der Waals surface area contributed by atoms with E-state index in [1.165, 1.54) is 42.5 Å². The number of alkyl halides is 15. The number of hydrogen-bond donors (Lipinski definition) is 5. The van der Waals surface area contributed by atoms with Crippen LogP contribution in [-0.4, -0.2) is 76.0 Å². The summed E-state index contributed by atoms with van der Waals surface area (Å²) in [7, 11) is 3.53. The minimum absolute atomic E-state index is 0. The van der Waals surface area contributed by atoms with Crippen molar-refractivity contribution in [2.24, 2.45) is 14.1 Å². The SMILES string of the molecule is CC.CC.CC.CC.CC.CC.CC.CC.CCc1c(C)c(C)c(C)c2c1-c1ccccc1[C@@]2(O)C(F)(F)F.CCc1c(C)c(C)c(C)c2c1-c1ccccc1[C@]2(O)C(F)(F)F.CCc1c(C)c(C)c2c(c1C)[C@@](O)(C(F)(F)F)c1ccccc1-2.Cc1c(C)c(-c2cnn(C)c2)c2c(c1C)[C@@](O)(C(F)(F)F)c1ccccc1-2.Cc1c(C)c(-c2cnn(C)c2)c2c(c1C)[C@](O)(C(F)(F)F)c1ccccc1-2.[3HH].[U].[U]. The fourth-order valence-electron chi connectivity index (χ4n) is 20.2. The average molecular weight is 2430 g/mol. The van der Waals surface area contributed by atoms with Crippen LogP contribution in [0.4, 0.5) is 65.9 Å². The molecule has 5 aliphatic rings. The van der Waals surface area contributed by atoms with Crippen molar-refractivity contribution in [3.8, 4) is 77.9 Å². The molecule has 0 unspecified atom stereocenters. The summed E-state index contributed by atoms with van der Waals surface area (Å²) in [5.41, 5.74) is 6.12. The van der Waals surface area contributed by atoms with E-state index in [0.717, 1.165) is 83.5 Å². The normalized spacial score (nSPS) is 17.0. The van der Waals surface area contributed by atoms with E-state index in [9.17, 15) is 91.4 Å².